The molecule has 0 spiro atoms. The first-order valence-electron chi connectivity index (χ1n) is 15.3. The third-order valence-electron chi connectivity index (χ3n) is 8.77. The predicted octanol–water partition coefficient (Wildman–Crippen LogP) is 6.67. The molecule has 3 aromatic carbocycles. The van der Waals surface area contributed by atoms with E-state index in [0.717, 1.165) is 0 Å². The highest BCUT2D eigenvalue weighted by Gasteiger charge is 2.38. The zero-order valence-electron chi connectivity index (χ0n) is 25.6. The summed E-state index contributed by atoms with van der Waals surface area (Å²) in [6, 6.07) is 11.5. The minimum absolute atomic E-state index is 0.0181. The van der Waals surface area contributed by atoms with Crippen LogP contribution >= 0.6 is 11.6 Å². The molecule has 4 aromatic rings. The van der Waals surface area contributed by atoms with E-state index in [1.807, 2.05) is 43.0 Å². The molecule has 0 radical (unpaired) electrons. The standard InChI is InChI=1S/C34H35ClF3N5O3/c1-4-28(45)42-17-21(3)43(18-20(42)2)32-26-16-27(35)29(25-15-23(44)14-22-8-5-6-9-24(22)25)30(36)31(26)39-33(40-32)46-13-7-11-41-12-10-34(37,38)19-41/h4-6,8-9,14-16,20-21,44H,1,7,10-13,17-19H2,2-3H3/t20-,21+/m1/s1. The van der Waals surface area contributed by atoms with Crippen LogP contribution in [0.1, 0.15) is 26.7 Å². The highest BCUT2D eigenvalue weighted by molar-refractivity contribution is 6.35. The molecule has 242 valence electrons. The summed E-state index contributed by atoms with van der Waals surface area (Å²) < 4.78 is 50.0. The maximum absolute atomic E-state index is 16.8. The van der Waals surface area contributed by atoms with E-state index < -0.39 is 11.7 Å². The number of hydrogen-bond donors (Lipinski definition) is 1. The molecular weight excluding hydrogens is 619 g/mol. The van der Waals surface area contributed by atoms with E-state index in [0.29, 0.717) is 60.1 Å². The van der Waals surface area contributed by atoms with Crippen LogP contribution in [0.4, 0.5) is 19.0 Å². The SMILES string of the molecule is C=CC(=O)N1C[C@H](C)N(c2nc(OCCCN3CCC(F)(F)C3)nc3c(F)c(-c4cc(O)cc5ccccc45)c(Cl)cc23)C[C@H]1C. The summed E-state index contributed by atoms with van der Waals surface area (Å²) in [4.78, 5) is 27.1. The van der Waals surface area contributed by atoms with Gasteiger partial charge in [-0.15, -0.1) is 0 Å². The van der Waals surface area contributed by atoms with Gasteiger partial charge in [0.1, 0.15) is 17.1 Å². The number of likely N-dealkylation sites (tertiary alicyclic amines) is 1. The highest BCUT2D eigenvalue weighted by atomic mass is 35.5. The number of hydrogen-bond acceptors (Lipinski definition) is 7. The Hall–Kier alpha value is -4.09. The second kappa shape index (κ2) is 12.6. The number of phenolic OH excluding ortho intramolecular Hbond substituents is 1. The average molecular weight is 654 g/mol. The van der Waals surface area contributed by atoms with E-state index in [2.05, 4.69) is 11.6 Å². The number of phenols is 1. The number of benzene rings is 3. The number of carbonyl (C=O) groups is 1. The number of anilines is 1. The zero-order valence-corrected chi connectivity index (χ0v) is 26.4. The van der Waals surface area contributed by atoms with Gasteiger partial charge in [0.05, 0.1) is 18.2 Å². The van der Waals surface area contributed by atoms with Crippen molar-refractivity contribution in [3.8, 4) is 22.9 Å². The molecule has 0 bridgehead atoms. The number of piperazine rings is 1. The smallest absolute Gasteiger partial charge is 0.319 e. The Bertz CT molecular complexity index is 1820. The van der Waals surface area contributed by atoms with Gasteiger partial charge < -0.3 is 19.6 Å². The Labute approximate surface area is 270 Å². The lowest BCUT2D eigenvalue weighted by Gasteiger charge is -2.44. The largest absolute Gasteiger partial charge is 0.508 e. The molecule has 0 aliphatic carbocycles. The second-order valence-electron chi connectivity index (χ2n) is 12.1. The van der Waals surface area contributed by atoms with Crippen molar-refractivity contribution in [3.05, 3.63) is 66.0 Å². The van der Waals surface area contributed by atoms with Crippen LogP contribution in [0.3, 0.4) is 0 Å². The molecule has 2 atom stereocenters. The average Bonchev–Trinajstić information content (AvgIpc) is 3.37. The first-order chi connectivity index (χ1) is 22.0. The van der Waals surface area contributed by atoms with Gasteiger partial charge in [-0.25, -0.2) is 13.2 Å². The van der Waals surface area contributed by atoms with Gasteiger partial charge in [-0.2, -0.15) is 9.97 Å². The molecule has 2 saturated heterocycles. The lowest BCUT2D eigenvalue weighted by Crippen LogP contribution is -2.58. The summed E-state index contributed by atoms with van der Waals surface area (Å²) in [6.45, 7) is 8.86. The molecule has 8 nitrogen and oxygen atoms in total. The van der Waals surface area contributed by atoms with Crippen LogP contribution in [-0.4, -0.2) is 88.1 Å². The number of alkyl halides is 2. The third-order valence-corrected chi connectivity index (χ3v) is 9.07. The quantitative estimate of drug-likeness (QED) is 0.168. The number of rotatable bonds is 8. The van der Waals surface area contributed by atoms with Gasteiger partial charge in [0.15, 0.2) is 5.82 Å². The molecule has 0 unspecified atom stereocenters. The first-order valence-corrected chi connectivity index (χ1v) is 15.7. The predicted molar refractivity (Wildman–Crippen MR) is 173 cm³/mol. The van der Waals surface area contributed by atoms with Crippen molar-refractivity contribution >= 4 is 45.0 Å². The summed E-state index contributed by atoms with van der Waals surface area (Å²) in [7, 11) is 0. The van der Waals surface area contributed by atoms with Crippen LogP contribution in [-0.2, 0) is 4.79 Å². The fourth-order valence-corrected chi connectivity index (χ4v) is 6.78. The van der Waals surface area contributed by atoms with Crippen molar-refractivity contribution in [1.29, 1.82) is 0 Å². The second-order valence-corrected chi connectivity index (χ2v) is 12.5. The maximum atomic E-state index is 16.8. The normalized spacial score (nSPS) is 20.0. The molecule has 1 N–H and O–H groups in total. The van der Waals surface area contributed by atoms with Crippen molar-refractivity contribution in [2.45, 2.75) is 44.7 Å². The number of aromatic hydroxyl groups is 1. The number of ether oxygens (including phenoxy) is 1. The van der Waals surface area contributed by atoms with E-state index in [-0.39, 0.29) is 65.4 Å². The molecule has 2 fully saturated rings. The fraction of sp³-hybridized carbons (Fsp3) is 0.382. The Morgan fingerprint density at radius 1 is 1.15 bits per heavy atom. The van der Waals surface area contributed by atoms with Gasteiger partial charge in [-0.05, 0) is 60.9 Å². The minimum Gasteiger partial charge on any atom is -0.508 e. The van der Waals surface area contributed by atoms with Crippen LogP contribution in [0.2, 0.25) is 5.02 Å². The van der Waals surface area contributed by atoms with Crippen molar-refractivity contribution < 1.29 is 27.8 Å². The van der Waals surface area contributed by atoms with Crippen molar-refractivity contribution in [3.63, 3.8) is 0 Å². The number of aromatic nitrogens is 2. The summed E-state index contributed by atoms with van der Waals surface area (Å²) in [6.07, 6.45) is 1.58. The van der Waals surface area contributed by atoms with E-state index in [1.165, 1.54) is 12.1 Å². The summed E-state index contributed by atoms with van der Waals surface area (Å²) in [5.41, 5.74) is 0.466. The molecular formula is C34H35ClF3N5O3. The Morgan fingerprint density at radius 3 is 2.67 bits per heavy atom. The number of amides is 1. The maximum Gasteiger partial charge on any atom is 0.319 e. The zero-order chi connectivity index (χ0) is 32.7. The van der Waals surface area contributed by atoms with Crippen molar-refractivity contribution in [2.75, 3.05) is 44.2 Å². The number of carbonyl (C=O) groups excluding carboxylic acids is 1. The summed E-state index contributed by atoms with van der Waals surface area (Å²) >= 11 is 6.83. The lowest BCUT2D eigenvalue weighted by molar-refractivity contribution is -0.128. The van der Waals surface area contributed by atoms with E-state index in [4.69, 9.17) is 21.3 Å². The van der Waals surface area contributed by atoms with Gasteiger partial charge in [0.25, 0.3) is 5.92 Å². The van der Waals surface area contributed by atoms with E-state index >= 15 is 4.39 Å². The molecule has 3 heterocycles. The molecule has 46 heavy (non-hydrogen) atoms. The monoisotopic (exact) mass is 653 g/mol. The number of halogens is 4. The topological polar surface area (TPSA) is 82.0 Å². The van der Waals surface area contributed by atoms with E-state index in [9.17, 15) is 18.7 Å². The summed E-state index contributed by atoms with van der Waals surface area (Å²) in [5, 5.41) is 12.4. The van der Waals surface area contributed by atoms with Crippen LogP contribution in [0.5, 0.6) is 11.8 Å². The summed E-state index contributed by atoms with van der Waals surface area (Å²) in [5.74, 6) is -3.20. The Kier molecular flexibility index (Phi) is 8.73. The fourth-order valence-electron chi connectivity index (χ4n) is 6.49. The van der Waals surface area contributed by atoms with Gasteiger partial charge in [-0.3, -0.25) is 9.69 Å². The molecule has 6 rings (SSSR count). The highest BCUT2D eigenvalue weighted by Crippen LogP contribution is 2.43. The first kappa shape index (κ1) is 31.9. The van der Waals surface area contributed by atoms with Crippen LogP contribution < -0.4 is 9.64 Å². The number of nitrogens with zero attached hydrogens (tertiary/aromatic N) is 5. The van der Waals surface area contributed by atoms with Crippen molar-refractivity contribution in [2.24, 2.45) is 0 Å². The van der Waals surface area contributed by atoms with Gasteiger partial charge >= 0.3 is 6.01 Å². The van der Waals surface area contributed by atoms with Gasteiger partial charge in [0, 0.05) is 55.6 Å². The van der Waals surface area contributed by atoms with Crippen LogP contribution in [0.15, 0.2) is 55.1 Å². The number of fused-ring (bicyclic) bond motifs is 2. The van der Waals surface area contributed by atoms with Crippen molar-refractivity contribution in [1.82, 2.24) is 19.8 Å². The molecule has 2 aliphatic rings. The van der Waals surface area contributed by atoms with Crippen LogP contribution in [0, 0.1) is 5.82 Å². The minimum atomic E-state index is -2.68. The van der Waals surface area contributed by atoms with Gasteiger partial charge in [-0.1, -0.05) is 42.4 Å². The molecule has 1 aromatic heterocycles. The van der Waals surface area contributed by atoms with Gasteiger partial charge in [0.2, 0.25) is 5.91 Å². The molecule has 1 amide bonds. The Morgan fingerprint density at radius 2 is 1.93 bits per heavy atom. The Balaban J connectivity index is 1.41. The molecule has 12 heteroatoms. The van der Waals surface area contributed by atoms with Crippen LogP contribution in [0.25, 0.3) is 32.8 Å². The third kappa shape index (κ3) is 6.18. The molecule has 2 aliphatic heterocycles. The van der Waals surface area contributed by atoms with E-state index in [1.54, 1.807) is 21.9 Å². The molecule has 0 saturated carbocycles. The lowest BCUT2D eigenvalue weighted by atomic mass is 9.96.